The number of carbonyl (C=O) groups excluding carboxylic acids is 2. The minimum Gasteiger partial charge on any atom is -0.339 e. The van der Waals surface area contributed by atoms with Crippen LogP contribution < -0.4 is 5.32 Å². The van der Waals surface area contributed by atoms with E-state index in [2.05, 4.69) is 47.5 Å². The normalized spacial score (nSPS) is 20.9. The van der Waals surface area contributed by atoms with Crippen molar-refractivity contribution in [1.29, 1.82) is 0 Å². The molecule has 0 spiro atoms. The van der Waals surface area contributed by atoms with Crippen molar-refractivity contribution in [3.63, 3.8) is 0 Å². The Balaban J connectivity index is 0.00000405. The van der Waals surface area contributed by atoms with Gasteiger partial charge in [0.15, 0.2) is 0 Å². The van der Waals surface area contributed by atoms with Gasteiger partial charge in [-0.25, -0.2) is 4.79 Å². The monoisotopic (exact) mass is 588 g/mol. The number of urea groups is 1. The van der Waals surface area contributed by atoms with Crippen LogP contribution in [0.1, 0.15) is 60.9 Å². The summed E-state index contributed by atoms with van der Waals surface area (Å²) >= 11 is 0. The Labute approximate surface area is 257 Å². The van der Waals surface area contributed by atoms with Crippen molar-refractivity contribution >= 4 is 30.0 Å². The van der Waals surface area contributed by atoms with Crippen molar-refractivity contribution in [2.75, 3.05) is 38.5 Å². The lowest BCUT2D eigenvalue weighted by molar-refractivity contribution is 0.0727. The highest BCUT2D eigenvalue weighted by atomic mass is 35.5. The summed E-state index contributed by atoms with van der Waals surface area (Å²) in [6.45, 7) is 5.92. The molecule has 3 aromatic carbocycles. The third kappa shape index (κ3) is 7.73. The van der Waals surface area contributed by atoms with E-state index in [0.717, 1.165) is 69.5 Å². The predicted molar refractivity (Wildman–Crippen MR) is 173 cm³/mol. The van der Waals surface area contributed by atoms with Gasteiger partial charge in [0.1, 0.15) is 0 Å². The second kappa shape index (κ2) is 15.2. The van der Waals surface area contributed by atoms with Gasteiger partial charge in [-0.15, -0.1) is 12.4 Å². The Hall–Kier alpha value is -3.35. The Bertz CT molecular complexity index is 1250. The number of nitrogens with one attached hydrogen (secondary N) is 1. The molecule has 7 heteroatoms. The minimum absolute atomic E-state index is 0. The lowest BCUT2D eigenvalue weighted by Gasteiger charge is -2.39. The van der Waals surface area contributed by atoms with Crippen LogP contribution in [-0.2, 0) is 0 Å². The molecule has 42 heavy (non-hydrogen) atoms. The van der Waals surface area contributed by atoms with Gasteiger partial charge >= 0.3 is 6.03 Å². The maximum absolute atomic E-state index is 13.3. The van der Waals surface area contributed by atoms with Crippen LogP contribution >= 0.6 is 12.4 Å². The zero-order valence-corrected chi connectivity index (χ0v) is 25.7. The highest BCUT2D eigenvalue weighted by Gasteiger charge is 2.40. The van der Waals surface area contributed by atoms with Crippen molar-refractivity contribution in [1.82, 2.24) is 14.7 Å². The van der Waals surface area contributed by atoms with Gasteiger partial charge in [-0.3, -0.25) is 4.79 Å². The summed E-state index contributed by atoms with van der Waals surface area (Å²) < 4.78 is 0. The molecular formula is C35H45ClN4O2. The van der Waals surface area contributed by atoms with E-state index >= 15 is 0 Å². The largest absolute Gasteiger partial charge is 0.339 e. The number of piperidine rings is 1. The smallest absolute Gasteiger partial charge is 0.322 e. The summed E-state index contributed by atoms with van der Waals surface area (Å²) in [5.74, 6) is 1.02. The molecule has 1 saturated heterocycles. The highest BCUT2D eigenvalue weighted by molar-refractivity contribution is 5.94. The van der Waals surface area contributed by atoms with Gasteiger partial charge < -0.3 is 20.0 Å². The van der Waals surface area contributed by atoms with Gasteiger partial charge in [-0.2, -0.15) is 0 Å². The van der Waals surface area contributed by atoms with Gasteiger partial charge in [0.05, 0.1) is 0 Å². The molecule has 3 amide bonds. The lowest BCUT2D eigenvalue weighted by atomic mass is 9.88. The predicted octanol–water partition coefficient (Wildman–Crippen LogP) is 7.15. The number of likely N-dealkylation sites (tertiary alicyclic amines) is 1. The summed E-state index contributed by atoms with van der Waals surface area (Å²) in [6, 6.07) is 30.7. The zero-order chi connectivity index (χ0) is 28.6. The molecular weight excluding hydrogens is 544 g/mol. The van der Waals surface area contributed by atoms with Crippen LogP contribution in [0.4, 0.5) is 10.5 Å². The number of amides is 3. The van der Waals surface area contributed by atoms with Crippen LogP contribution in [0.5, 0.6) is 0 Å². The van der Waals surface area contributed by atoms with Crippen molar-refractivity contribution in [2.24, 2.45) is 5.92 Å². The summed E-state index contributed by atoms with van der Waals surface area (Å²) in [4.78, 5) is 33.1. The highest BCUT2D eigenvalue weighted by Crippen LogP contribution is 2.42. The van der Waals surface area contributed by atoms with Crippen LogP contribution in [-0.4, -0.2) is 71.9 Å². The third-order valence-corrected chi connectivity index (χ3v) is 9.03. The average molecular weight is 589 g/mol. The molecule has 1 heterocycles. The van der Waals surface area contributed by atoms with E-state index in [1.165, 1.54) is 5.56 Å². The van der Waals surface area contributed by atoms with Crippen LogP contribution in [0.3, 0.4) is 0 Å². The van der Waals surface area contributed by atoms with E-state index < -0.39 is 0 Å². The van der Waals surface area contributed by atoms with Gasteiger partial charge in [0, 0.05) is 56.6 Å². The third-order valence-electron chi connectivity index (χ3n) is 9.03. The molecule has 1 aliphatic heterocycles. The van der Waals surface area contributed by atoms with Crippen LogP contribution in [0, 0.1) is 5.92 Å². The summed E-state index contributed by atoms with van der Waals surface area (Å²) in [6.07, 6.45) is 4.92. The van der Waals surface area contributed by atoms with E-state index in [4.69, 9.17) is 0 Å². The van der Waals surface area contributed by atoms with Gasteiger partial charge in [0.25, 0.3) is 5.91 Å². The molecule has 0 radical (unpaired) electrons. The van der Waals surface area contributed by atoms with E-state index in [0.29, 0.717) is 11.8 Å². The molecule has 6 nitrogen and oxygen atoms in total. The fourth-order valence-corrected chi connectivity index (χ4v) is 6.83. The van der Waals surface area contributed by atoms with Crippen molar-refractivity contribution in [3.05, 3.63) is 102 Å². The summed E-state index contributed by atoms with van der Waals surface area (Å²) in [7, 11) is 1.97. The second-order valence-electron chi connectivity index (χ2n) is 11.7. The molecule has 5 rings (SSSR count). The molecule has 0 bridgehead atoms. The molecule has 3 unspecified atom stereocenters. The topological polar surface area (TPSA) is 55.9 Å². The summed E-state index contributed by atoms with van der Waals surface area (Å²) in [5.41, 5.74) is 2.97. The van der Waals surface area contributed by atoms with Gasteiger partial charge in [-0.05, 0) is 73.8 Å². The van der Waals surface area contributed by atoms with E-state index in [1.807, 2.05) is 77.5 Å². The molecule has 2 fully saturated rings. The Morgan fingerprint density at radius 1 is 0.833 bits per heavy atom. The number of rotatable bonds is 9. The number of carbonyl (C=O) groups is 2. The standard InChI is InChI=1S/C35H44N4O2.ClH/c1-3-21-39(35(41)36-30-17-11-6-12-18-30)31-19-22-38(23-20-31)26-29-24-32(25-33(29)27-13-7-4-8-14-27)37(2)34(40)28-15-9-5-10-16-28;/h4-18,29,31-33H,3,19-26H2,1-2H3,(H,36,41);1H. The van der Waals surface area contributed by atoms with E-state index in [-0.39, 0.29) is 36.4 Å². The lowest BCUT2D eigenvalue weighted by Crippen LogP contribution is -2.49. The van der Waals surface area contributed by atoms with Crippen LogP contribution in [0.25, 0.3) is 0 Å². The van der Waals surface area contributed by atoms with Crippen molar-refractivity contribution in [2.45, 2.75) is 57.0 Å². The van der Waals surface area contributed by atoms with Crippen molar-refractivity contribution < 1.29 is 9.59 Å². The Morgan fingerprint density at radius 3 is 2.05 bits per heavy atom. The maximum Gasteiger partial charge on any atom is 0.322 e. The molecule has 224 valence electrons. The quantitative estimate of drug-likeness (QED) is 0.289. The zero-order valence-electron chi connectivity index (χ0n) is 24.9. The molecule has 2 aliphatic rings. The fourth-order valence-electron chi connectivity index (χ4n) is 6.83. The van der Waals surface area contributed by atoms with E-state index in [1.54, 1.807) is 0 Å². The molecule has 1 N–H and O–H groups in total. The minimum atomic E-state index is 0. The number of halogens is 1. The first-order chi connectivity index (χ1) is 20.0. The first-order valence-electron chi connectivity index (χ1n) is 15.3. The molecule has 3 aromatic rings. The Kier molecular flexibility index (Phi) is 11.4. The fraction of sp³-hybridized carbons (Fsp3) is 0.429. The van der Waals surface area contributed by atoms with Crippen LogP contribution in [0.2, 0.25) is 0 Å². The summed E-state index contributed by atoms with van der Waals surface area (Å²) in [5, 5.41) is 3.10. The number of hydrogen-bond donors (Lipinski definition) is 1. The number of para-hydroxylation sites is 1. The molecule has 1 saturated carbocycles. The number of benzene rings is 3. The van der Waals surface area contributed by atoms with Crippen molar-refractivity contribution in [3.8, 4) is 0 Å². The second-order valence-corrected chi connectivity index (χ2v) is 11.7. The number of nitrogens with zero attached hydrogens (tertiary/aromatic N) is 3. The Morgan fingerprint density at radius 2 is 1.43 bits per heavy atom. The van der Waals surface area contributed by atoms with E-state index in [9.17, 15) is 9.59 Å². The number of anilines is 1. The van der Waals surface area contributed by atoms with Gasteiger partial charge in [-0.1, -0.05) is 73.7 Å². The molecule has 0 aromatic heterocycles. The first kappa shape index (κ1) is 31.6. The van der Waals surface area contributed by atoms with Crippen LogP contribution in [0.15, 0.2) is 91.0 Å². The van der Waals surface area contributed by atoms with Gasteiger partial charge in [0.2, 0.25) is 0 Å². The average Bonchev–Trinajstić information content (AvgIpc) is 3.44. The first-order valence-corrected chi connectivity index (χ1v) is 15.3. The molecule has 1 aliphatic carbocycles. The number of hydrogen-bond acceptors (Lipinski definition) is 3. The molecule has 3 atom stereocenters. The SMILES string of the molecule is CCCN(C(=O)Nc1ccccc1)C1CCN(CC2CC(N(C)C(=O)c3ccccc3)CC2c2ccccc2)CC1.Cl. The maximum atomic E-state index is 13.3.